The molecule has 10 aromatic carbocycles. The summed E-state index contributed by atoms with van der Waals surface area (Å²) in [6, 6.07) is 30.8. The molecule has 11 rings (SSSR count). The van der Waals surface area contributed by atoms with Crippen molar-refractivity contribution in [3.63, 3.8) is 0 Å². The topological polar surface area (TPSA) is 13.1 Å². The lowest BCUT2D eigenvalue weighted by molar-refractivity contribution is 0.669. The van der Waals surface area contributed by atoms with Crippen molar-refractivity contribution >= 4 is 65.0 Å². The Kier molecular flexibility index (Phi) is 4.36. The van der Waals surface area contributed by atoms with E-state index in [1.807, 2.05) is 84.9 Å². The number of benzene rings is 10. The van der Waals surface area contributed by atoms with Crippen molar-refractivity contribution in [2.75, 3.05) is 0 Å². The van der Waals surface area contributed by atoms with Crippen LogP contribution in [0.1, 0.15) is 17.8 Å². The monoisotopic (exact) mass is 685 g/mol. The quantitative estimate of drug-likeness (QED) is 0.168. The molecule has 53 heavy (non-hydrogen) atoms. The third-order valence-electron chi connectivity index (χ3n) is 10.0. The van der Waals surface area contributed by atoms with Gasteiger partial charge in [0.15, 0.2) is 0 Å². The van der Waals surface area contributed by atoms with Gasteiger partial charge in [-0.1, -0.05) is 164 Å². The molecule has 0 radical (unpaired) electrons. The van der Waals surface area contributed by atoms with E-state index in [1.54, 1.807) is 30.3 Å². The first-order chi connectivity index (χ1) is 31.7. The third-order valence-corrected chi connectivity index (χ3v) is 10.0. The standard InChI is InChI=1S/C52H32O/c1-2-12-33(13-3-1)36-26-28-49-47(31-36)48-32-38(27-29-50(48)53-49)37-25-24-35-16-11-23-45(46(35)30-37)52-43-20-8-6-18-41(43)51(42-19-7-9-21-44(42)52)40-22-10-15-34-14-4-5-17-39(34)40/h1-32H/i4D,5D,10D,14D,15D,17D,22D,26D,27D,28D,29D,31D,32D. The molecule has 1 heteroatoms. The molecule has 0 saturated heterocycles. The van der Waals surface area contributed by atoms with Gasteiger partial charge in [0.05, 0.1) is 17.8 Å². The van der Waals surface area contributed by atoms with Crippen LogP contribution in [0.5, 0.6) is 0 Å². The highest BCUT2D eigenvalue weighted by atomic mass is 16.3. The second-order valence-corrected chi connectivity index (χ2v) is 13.0. The fourth-order valence-electron chi connectivity index (χ4n) is 7.62. The van der Waals surface area contributed by atoms with Gasteiger partial charge in [-0.15, -0.1) is 0 Å². The van der Waals surface area contributed by atoms with E-state index >= 15 is 0 Å². The van der Waals surface area contributed by atoms with Crippen LogP contribution in [0.2, 0.25) is 0 Å². The fourth-order valence-corrected chi connectivity index (χ4v) is 7.62. The molecule has 1 aromatic heterocycles. The summed E-state index contributed by atoms with van der Waals surface area (Å²) in [7, 11) is 0. The zero-order valence-electron chi connectivity index (χ0n) is 40.9. The first kappa shape index (κ1) is 19.6. The minimum atomic E-state index is -0.528. The first-order valence-corrected chi connectivity index (χ1v) is 17.2. The zero-order valence-corrected chi connectivity index (χ0v) is 27.9. The van der Waals surface area contributed by atoms with E-state index in [2.05, 4.69) is 0 Å². The van der Waals surface area contributed by atoms with E-state index < -0.39 is 36.3 Å². The molecule has 0 spiro atoms. The Labute approximate surface area is 325 Å². The Bertz CT molecular complexity index is 3910. The highest BCUT2D eigenvalue weighted by Gasteiger charge is 2.19. The molecule has 0 aliphatic heterocycles. The molecule has 0 amide bonds. The molecule has 0 unspecified atom stereocenters. The van der Waals surface area contributed by atoms with Crippen LogP contribution >= 0.6 is 0 Å². The Morgan fingerprint density at radius 2 is 0.943 bits per heavy atom. The minimum absolute atomic E-state index is 0.00806. The van der Waals surface area contributed by atoms with Gasteiger partial charge in [0.25, 0.3) is 0 Å². The summed E-state index contributed by atoms with van der Waals surface area (Å²) in [6.45, 7) is 0. The van der Waals surface area contributed by atoms with Crippen LogP contribution < -0.4 is 0 Å². The molecule has 0 fully saturated rings. The van der Waals surface area contributed by atoms with Crippen molar-refractivity contribution in [2.24, 2.45) is 0 Å². The minimum Gasteiger partial charge on any atom is -0.456 e. The number of rotatable bonds is 4. The molecule has 0 aliphatic rings. The van der Waals surface area contributed by atoms with Crippen molar-refractivity contribution in [3.8, 4) is 44.5 Å². The maximum absolute atomic E-state index is 9.67. The van der Waals surface area contributed by atoms with Crippen LogP contribution in [0.4, 0.5) is 0 Å². The number of hydrogen-bond acceptors (Lipinski definition) is 1. The molecule has 1 heterocycles. The van der Waals surface area contributed by atoms with E-state index in [4.69, 9.17) is 16.8 Å². The van der Waals surface area contributed by atoms with Gasteiger partial charge in [-0.3, -0.25) is 0 Å². The molecular formula is C52H32O. The van der Waals surface area contributed by atoms with Crippen LogP contribution in [0.25, 0.3) is 110 Å². The summed E-state index contributed by atoms with van der Waals surface area (Å²) in [5.41, 5.74) is 3.31. The zero-order chi connectivity index (χ0) is 46.2. The Morgan fingerprint density at radius 3 is 1.64 bits per heavy atom. The van der Waals surface area contributed by atoms with Gasteiger partial charge < -0.3 is 4.42 Å². The summed E-state index contributed by atoms with van der Waals surface area (Å²) in [5.74, 6) is 0. The third kappa shape index (κ3) is 4.71. The largest absolute Gasteiger partial charge is 0.456 e. The predicted molar refractivity (Wildman–Crippen MR) is 225 cm³/mol. The number of fused-ring (bicyclic) bond motifs is 7. The van der Waals surface area contributed by atoms with Gasteiger partial charge >= 0.3 is 0 Å². The molecule has 1 nitrogen and oxygen atoms in total. The van der Waals surface area contributed by atoms with Gasteiger partial charge in [0.1, 0.15) is 11.2 Å². The van der Waals surface area contributed by atoms with E-state index in [0.29, 0.717) is 27.5 Å². The maximum Gasteiger partial charge on any atom is 0.135 e. The van der Waals surface area contributed by atoms with Crippen molar-refractivity contribution in [1.82, 2.24) is 0 Å². The highest BCUT2D eigenvalue weighted by Crippen LogP contribution is 2.47. The van der Waals surface area contributed by atoms with Gasteiger partial charge in [-0.05, 0) is 118 Å². The molecule has 246 valence electrons. The molecule has 11 aromatic rings. The van der Waals surface area contributed by atoms with Crippen LogP contribution in [0, 0.1) is 0 Å². The van der Waals surface area contributed by atoms with Crippen LogP contribution in [0.15, 0.2) is 198 Å². The van der Waals surface area contributed by atoms with Gasteiger partial charge in [0, 0.05) is 10.8 Å². The SMILES string of the molecule is [2H]c1c(-c2ccccc2)c([2H])c2c(oc3c([2H])c([2H])c(-c4ccc5cccc(-c6c7ccccc7c(-c7c([2H])c([2H])c([2H])c8c([2H])c([2H])c([2H])c([2H])c78)c7ccccc67)c5c4)c([2H])c32)c1[2H]. The summed E-state index contributed by atoms with van der Waals surface area (Å²) >= 11 is 0. The average Bonchev–Trinajstić information content (AvgIpc) is 3.75. The predicted octanol–water partition coefficient (Wildman–Crippen LogP) is 14.9. The molecule has 0 saturated carbocycles. The highest BCUT2D eigenvalue weighted by molar-refractivity contribution is 6.25. The Hall–Kier alpha value is -6.96. The molecule has 0 aliphatic carbocycles. The van der Waals surface area contributed by atoms with Crippen LogP contribution in [-0.4, -0.2) is 0 Å². The molecule has 0 N–H and O–H groups in total. The second kappa shape index (κ2) is 11.8. The van der Waals surface area contributed by atoms with Crippen molar-refractivity contribution in [1.29, 1.82) is 0 Å². The Morgan fingerprint density at radius 1 is 0.340 bits per heavy atom. The normalized spacial score (nSPS) is 15.2. The van der Waals surface area contributed by atoms with E-state index in [-0.39, 0.29) is 91.7 Å². The lowest BCUT2D eigenvalue weighted by Crippen LogP contribution is -1.92. The van der Waals surface area contributed by atoms with Crippen LogP contribution in [0.3, 0.4) is 0 Å². The fraction of sp³-hybridized carbons (Fsp3) is 0. The first-order valence-electron chi connectivity index (χ1n) is 23.7. The van der Waals surface area contributed by atoms with E-state index in [0.717, 1.165) is 32.7 Å². The van der Waals surface area contributed by atoms with Gasteiger partial charge in [-0.25, -0.2) is 0 Å². The molecule has 0 bridgehead atoms. The number of furan rings is 1. The van der Waals surface area contributed by atoms with Gasteiger partial charge in [-0.2, -0.15) is 0 Å². The summed E-state index contributed by atoms with van der Waals surface area (Å²) in [4.78, 5) is 0. The summed E-state index contributed by atoms with van der Waals surface area (Å²) < 4.78 is 123. The second-order valence-electron chi connectivity index (χ2n) is 13.0. The molecular weight excluding hydrogens is 641 g/mol. The van der Waals surface area contributed by atoms with Gasteiger partial charge in [0.2, 0.25) is 0 Å². The summed E-state index contributed by atoms with van der Waals surface area (Å²) in [5, 5.41) is 4.42. The smallest absolute Gasteiger partial charge is 0.135 e. The van der Waals surface area contributed by atoms with Crippen molar-refractivity contribution in [3.05, 3.63) is 194 Å². The number of hydrogen-bond donors (Lipinski definition) is 0. The Balaban J connectivity index is 1.21. The summed E-state index contributed by atoms with van der Waals surface area (Å²) in [6.07, 6.45) is 0. The lowest BCUT2D eigenvalue weighted by atomic mass is 9.83. The van der Waals surface area contributed by atoms with E-state index in [1.165, 1.54) is 0 Å². The van der Waals surface area contributed by atoms with Crippen LogP contribution in [-0.2, 0) is 0 Å². The van der Waals surface area contributed by atoms with E-state index in [9.17, 15) is 5.48 Å². The lowest BCUT2D eigenvalue weighted by Gasteiger charge is -2.20. The maximum atomic E-state index is 9.67. The van der Waals surface area contributed by atoms with Crippen molar-refractivity contribution in [2.45, 2.75) is 0 Å². The molecule has 0 atom stereocenters. The van der Waals surface area contributed by atoms with Crippen molar-refractivity contribution < 1.29 is 22.2 Å². The average molecular weight is 686 g/mol.